The molecule has 1 heterocycles. The summed E-state index contributed by atoms with van der Waals surface area (Å²) in [4.78, 5) is 2.27. The summed E-state index contributed by atoms with van der Waals surface area (Å²) >= 11 is 3.67. The normalized spacial score (nSPS) is 24.8. The van der Waals surface area contributed by atoms with Gasteiger partial charge in [0.1, 0.15) is 0 Å². The zero-order valence-corrected chi connectivity index (χ0v) is 13.9. The Hall–Kier alpha value is -0.620. The number of hydrogen-bond acceptors (Lipinski definition) is 4. The number of anilines is 1. The second-order valence-corrected chi connectivity index (χ2v) is 6.23. The van der Waals surface area contributed by atoms with Crippen LogP contribution in [0.3, 0.4) is 0 Å². The fraction of sp³-hybridized carbons (Fsp3) is 0.600. The number of nitrogens with one attached hydrogen (secondary N) is 1. The van der Waals surface area contributed by atoms with Crippen LogP contribution in [-0.4, -0.2) is 44.1 Å². The third kappa shape index (κ3) is 3.52. The Kier molecular flexibility index (Phi) is 5.43. The van der Waals surface area contributed by atoms with E-state index in [1.165, 1.54) is 5.56 Å². The Labute approximate surface area is 129 Å². The van der Waals surface area contributed by atoms with Gasteiger partial charge in [-0.15, -0.1) is 0 Å². The SMILES string of the molecule is CNC(C)c1ccc(N2CC(C)OC(CO)C2)c(Br)c1. The molecular weight excluding hydrogens is 320 g/mol. The van der Waals surface area contributed by atoms with Crippen molar-refractivity contribution in [2.24, 2.45) is 0 Å². The number of morpholine rings is 1. The maximum Gasteiger partial charge on any atom is 0.0984 e. The van der Waals surface area contributed by atoms with Gasteiger partial charge in [-0.2, -0.15) is 0 Å². The molecule has 1 saturated heterocycles. The van der Waals surface area contributed by atoms with Gasteiger partial charge < -0.3 is 20.1 Å². The molecule has 0 spiro atoms. The summed E-state index contributed by atoms with van der Waals surface area (Å²) in [6.45, 7) is 5.81. The lowest BCUT2D eigenvalue weighted by atomic mass is 10.1. The molecule has 0 amide bonds. The summed E-state index contributed by atoms with van der Waals surface area (Å²) in [5.41, 5.74) is 2.41. The summed E-state index contributed by atoms with van der Waals surface area (Å²) in [5, 5.41) is 12.6. The number of ether oxygens (including phenoxy) is 1. The van der Waals surface area contributed by atoms with Crippen LogP contribution in [0.15, 0.2) is 22.7 Å². The van der Waals surface area contributed by atoms with Crippen molar-refractivity contribution >= 4 is 21.6 Å². The van der Waals surface area contributed by atoms with Gasteiger partial charge in [-0.05, 0) is 54.5 Å². The molecule has 3 atom stereocenters. The Morgan fingerprint density at radius 3 is 2.85 bits per heavy atom. The maximum absolute atomic E-state index is 9.32. The van der Waals surface area contributed by atoms with E-state index in [0.29, 0.717) is 6.04 Å². The van der Waals surface area contributed by atoms with Crippen molar-refractivity contribution in [3.05, 3.63) is 28.2 Å². The van der Waals surface area contributed by atoms with Crippen LogP contribution in [-0.2, 0) is 4.74 Å². The van der Waals surface area contributed by atoms with E-state index in [4.69, 9.17) is 4.74 Å². The first-order valence-electron chi connectivity index (χ1n) is 7.03. The molecule has 1 fully saturated rings. The number of halogens is 1. The molecule has 3 unspecified atom stereocenters. The Morgan fingerprint density at radius 1 is 1.50 bits per heavy atom. The van der Waals surface area contributed by atoms with E-state index in [2.05, 4.69) is 51.3 Å². The highest BCUT2D eigenvalue weighted by atomic mass is 79.9. The molecule has 1 aliphatic rings. The molecule has 0 aromatic heterocycles. The minimum Gasteiger partial charge on any atom is -0.394 e. The fourth-order valence-electron chi connectivity index (χ4n) is 2.56. The average molecular weight is 343 g/mol. The summed E-state index contributed by atoms with van der Waals surface area (Å²) in [6.07, 6.45) is 0.0188. The highest BCUT2D eigenvalue weighted by molar-refractivity contribution is 9.10. The zero-order valence-electron chi connectivity index (χ0n) is 12.3. The molecule has 2 N–H and O–H groups in total. The van der Waals surface area contributed by atoms with E-state index in [0.717, 1.165) is 23.2 Å². The molecule has 2 rings (SSSR count). The topological polar surface area (TPSA) is 44.7 Å². The standard InChI is InChI=1S/C15H23BrN2O2/c1-10-7-18(8-13(9-19)20-10)15-5-4-12(6-14(15)16)11(2)17-3/h4-6,10-11,13,17,19H,7-9H2,1-3H3. The van der Waals surface area contributed by atoms with Crippen LogP contribution in [0.4, 0.5) is 5.69 Å². The molecule has 0 aliphatic carbocycles. The molecule has 0 radical (unpaired) electrons. The van der Waals surface area contributed by atoms with Gasteiger partial charge in [-0.1, -0.05) is 6.07 Å². The van der Waals surface area contributed by atoms with Crippen LogP contribution < -0.4 is 10.2 Å². The number of nitrogens with zero attached hydrogens (tertiary/aromatic N) is 1. The van der Waals surface area contributed by atoms with Gasteiger partial charge in [-0.3, -0.25) is 0 Å². The molecule has 5 heteroatoms. The van der Waals surface area contributed by atoms with E-state index in [-0.39, 0.29) is 18.8 Å². The Balaban J connectivity index is 2.20. The molecule has 1 aromatic rings. The molecule has 4 nitrogen and oxygen atoms in total. The molecule has 0 bridgehead atoms. The van der Waals surface area contributed by atoms with Gasteiger partial charge in [-0.25, -0.2) is 0 Å². The number of hydrogen-bond donors (Lipinski definition) is 2. The number of rotatable bonds is 4. The van der Waals surface area contributed by atoms with Gasteiger partial charge in [0.05, 0.1) is 24.5 Å². The van der Waals surface area contributed by atoms with Crippen LogP contribution in [0, 0.1) is 0 Å². The zero-order chi connectivity index (χ0) is 14.7. The lowest BCUT2D eigenvalue weighted by molar-refractivity contribution is -0.0421. The summed E-state index contributed by atoms with van der Waals surface area (Å²) in [7, 11) is 1.96. The van der Waals surface area contributed by atoms with E-state index >= 15 is 0 Å². The number of aliphatic hydroxyl groups is 1. The van der Waals surface area contributed by atoms with Crippen LogP contribution in [0.2, 0.25) is 0 Å². The third-order valence-corrected chi connectivity index (χ3v) is 4.41. The molecule has 0 saturated carbocycles. The lowest BCUT2D eigenvalue weighted by Gasteiger charge is -2.38. The highest BCUT2D eigenvalue weighted by Crippen LogP contribution is 2.31. The van der Waals surface area contributed by atoms with E-state index in [1.54, 1.807) is 0 Å². The molecular formula is C15H23BrN2O2. The van der Waals surface area contributed by atoms with E-state index in [9.17, 15) is 5.11 Å². The van der Waals surface area contributed by atoms with Crippen molar-refractivity contribution in [1.29, 1.82) is 0 Å². The second-order valence-electron chi connectivity index (χ2n) is 5.38. The minimum absolute atomic E-state index is 0.0628. The van der Waals surface area contributed by atoms with Gasteiger partial charge >= 0.3 is 0 Å². The summed E-state index contributed by atoms with van der Waals surface area (Å²) in [6, 6.07) is 6.77. The van der Waals surface area contributed by atoms with E-state index < -0.39 is 0 Å². The van der Waals surface area contributed by atoms with Crippen molar-refractivity contribution in [3.8, 4) is 0 Å². The van der Waals surface area contributed by atoms with E-state index in [1.807, 2.05) is 14.0 Å². The van der Waals surface area contributed by atoms with Crippen LogP contribution in [0.1, 0.15) is 25.5 Å². The fourth-order valence-corrected chi connectivity index (χ4v) is 3.21. The Bertz CT molecular complexity index is 455. The average Bonchev–Trinajstić information content (AvgIpc) is 2.45. The first kappa shape index (κ1) is 15.8. The number of aliphatic hydroxyl groups excluding tert-OH is 1. The van der Waals surface area contributed by atoms with Crippen LogP contribution >= 0.6 is 15.9 Å². The molecule has 112 valence electrons. The largest absolute Gasteiger partial charge is 0.394 e. The van der Waals surface area contributed by atoms with Gasteiger partial charge in [0.15, 0.2) is 0 Å². The monoisotopic (exact) mass is 342 g/mol. The van der Waals surface area contributed by atoms with Crippen LogP contribution in [0.25, 0.3) is 0 Å². The lowest BCUT2D eigenvalue weighted by Crippen LogP contribution is -2.48. The summed E-state index contributed by atoms with van der Waals surface area (Å²) < 4.78 is 6.78. The molecule has 1 aromatic carbocycles. The molecule has 20 heavy (non-hydrogen) atoms. The van der Waals surface area contributed by atoms with Crippen LogP contribution in [0.5, 0.6) is 0 Å². The molecule has 1 aliphatic heterocycles. The van der Waals surface area contributed by atoms with Crippen molar-refractivity contribution < 1.29 is 9.84 Å². The predicted molar refractivity (Wildman–Crippen MR) is 85.3 cm³/mol. The van der Waals surface area contributed by atoms with Crippen molar-refractivity contribution in [2.75, 3.05) is 31.6 Å². The van der Waals surface area contributed by atoms with Gasteiger partial charge in [0.25, 0.3) is 0 Å². The maximum atomic E-state index is 9.32. The minimum atomic E-state index is -0.110. The summed E-state index contributed by atoms with van der Waals surface area (Å²) in [5.74, 6) is 0. The van der Waals surface area contributed by atoms with Gasteiger partial charge in [0.2, 0.25) is 0 Å². The highest BCUT2D eigenvalue weighted by Gasteiger charge is 2.26. The number of benzene rings is 1. The smallest absolute Gasteiger partial charge is 0.0984 e. The van der Waals surface area contributed by atoms with Crippen molar-refractivity contribution in [3.63, 3.8) is 0 Å². The van der Waals surface area contributed by atoms with Crippen molar-refractivity contribution in [1.82, 2.24) is 5.32 Å². The first-order valence-corrected chi connectivity index (χ1v) is 7.82. The van der Waals surface area contributed by atoms with Gasteiger partial charge in [0, 0.05) is 23.6 Å². The Morgan fingerprint density at radius 2 is 2.25 bits per heavy atom. The first-order chi connectivity index (χ1) is 9.55. The predicted octanol–water partition coefficient (Wildman–Crippen LogP) is 2.32. The third-order valence-electron chi connectivity index (χ3n) is 3.78. The second kappa shape index (κ2) is 6.89. The van der Waals surface area contributed by atoms with Crippen molar-refractivity contribution in [2.45, 2.75) is 32.1 Å². The quantitative estimate of drug-likeness (QED) is 0.881.